The van der Waals surface area contributed by atoms with Gasteiger partial charge in [0.15, 0.2) is 9.84 Å². The molecule has 0 unspecified atom stereocenters. The summed E-state index contributed by atoms with van der Waals surface area (Å²) in [4.78, 5) is 0.401. The van der Waals surface area contributed by atoms with E-state index in [-0.39, 0.29) is 18.1 Å². The van der Waals surface area contributed by atoms with Crippen molar-refractivity contribution in [2.24, 2.45) is 0 Å². The zero-order chi connectivity index (χ0) is 20.0. The van der Waals surface area contributed by atoms with Crippen LogP contribution in [0.3, 0.4) is 0 Å². The summed E-state index contributed by atoms with van der Waals surface area (Å²) < 4.78 is 27.8. The van der Waals surface area contributed by atoms with Crippen molar-refractivity contribution >= 4 is 36.5 Å². The van der Waals surface area contributed by atoms with E-state index < -0.39 is 15.1 Å². The predicted octanol–water partition coefficient (Wildman–Crippen LogP) is 4.04. The van der Waals surface area contributed by atoms with Gasteiger partial charge < -0.3 is 10.6 Å². The summed E-state index contributed by atoms with van der Waals surface area (Å²) in [6.07, 6.45) is 1.94. The van der Waals surface area contributed by atoms with Crippen molar-refractivity contribution in [1.29, 1.82) is 0 Å². The highest BCUT2D eigenvalue weighted by Crippen LogP contribution is 2.36. The van der Waals surface area contributed by atoms with Gasteiger partial charge in [-0.25, -0.2) is 8.42 Å². The van der Waals surface area contributed by atoms with Crippen LogP contribution in [0, 0.1) is 0 Å². The normalized spacial score (nSPS) is 26.2. The van der Waals surface area contributed by atoms with Gasteiger partial charge in [0.25, 0.3) is 0 Å². The number of halogens is 1. The van der Waals surface area contributed by atoms with E-state index in [1.165, 1.54) is 16.3 Å². The standard InChI is InChI=1S/C23H23BrN2O2S/c24-18-7-9-19(10-8-18)29(27,28)23-21-12-11-20(26-21)22(23)25-14-15-5-6-16-3-1-2-4-17(16)13-15/h1-10,13,20-23,25-26H,11-12,14H2/t20-,21+,22-,23-/m1/s1. The number of hydrogen-bond donors (Lipinski definition) is 2. The lowest BCUT2D eigenvalue weighted by Crippen LogP contribution is -2.50. The molecule has 5 rings (SSSR count). The van der Waals surface area contributed by atoms with Crippen LogP contribution in [-0.2, 0) is 16.4 Å². The van der Waals surface area contributed by atoms with Gasteiger partial charge in [0.05, 0.1) is 10.1 Å². The smallest absolute Gasteiger partial charge is 0.184 e. The van der Waals surface area contributed by atoms with Gasteiger partial charge in [0.2, 0.25) is 0 Å². The van der Waals surface area contributed by atoms with Crippen molar-refractivity contribution in [2.75, 3.05) is 0 Å². The fraction of sp³-hybridized carbons (Fsp3) is 0.304. The van der Waals surface area contributed by atoms with Gasteiger partial charge in [0.1, 0.15) is 0 Å². The fourth-order valence-corrected chi connectivity index (χ4v) is 7.27. The van der Waals surface area contributed by atoms with Crippen molar-refractivity contribution < 1.29 is 8.42 Å². The van der Waals surface area contributed by atoms with Crippen LogP contribution in [0.15, 0.2) is 76.1 Å². The van der Waals surface area contributed by atoms with Gasteiger partial charge in [-0.1, -0.05) is 52.3 Å². The minimum atomic E-state index is -3.42. The first kappa shape index (κ1) is 19.2. The molecule has 2 N–H and O–H groups in total. The van der Waals surface area contributed by atoms with Crippen LogP contribution < -0.4 is 10.6 Å². The third-order valence-electron chi connectivity index (χ3n) is 6.26. The molecule has 0 spiro atoms. The van der Waals surface area contributed by atoms with Gasteiger partial charge >= 0.3 is 0 Å². The molecule has 0 aliphatic carbocycles. The average molecular weight is 471 g/mol. The highest BCUT2D eigenvalue weighted by molar-refractivity contribution is 9.10. The van der Waals surface area contributed by atoms with Gasteiger partial charge in [0, 0.05) is 29.1 Å². The molecule has 2 heterocycles. The second-order valence-electron chi connectivity index (χ2n) is 8.01. The molecule has 0 aromatic heterocycles. The van der Waals surface area contributed by atoms with E-state index in [0.717, 1.165) is 17.3 Å². The summed E-state index contributed by atoms with van der Waals surface area (Å²) in [5, 5.41) is 9.09. The number of fused-ring (bicyclic) bond motifs is 3. The van der Waals surface area contributed by atoms with Crippen LogP contribution in [-0.4, -0.2) is 31.8 Å². The van der Waals surface area contributed by atoms with Crippen molar-refractivity contribution in [2.45, 2.75) is 47.7 Å². The predicted molar refractivity (Wildman–Crippen MR) is 120 cm³/mol. The molecule has 2 fully saturated rings. The summed E-state index contributed by atoms with van der Waals surface area (Å²) in [5.74, 6) is 0. The van der Waals surface area contributed by atoms with Crippen LogP contribution in [0.5, 0.6) is 0 Å². The first-order chi connectivity index (χ1) is 14.0. The molecule has 4 atom stereocenters. The molecule has 4 nitrogen and oxygen atoms in total. The van der Waals surface area contributed by atoms with Gasteiger partial charge in [-0.05, 0) is 59.5 Å². The Bertz CT molecular complexity index is 1150. The number of nitrogens with one attached hydrogen (secondary N) is 2. The Hall–Kier alpha value is -1.73. The third kappa shape index (κ3) is 3.52. The summed E-state index contributed by atoms with van der Waals surface area (Å²) >= 11 is 3.39. The maximum Gasteiger partial charge on any atom is 0.184 e. The Labute approximate surface area is 179 Å². The summed E-state index contributed by atoms with van der Waals surface area (Å²) in [5.41, 5.74) is 1.17. The van der Waals surface area contributed by atoms with Crippen molar-refractivity contribution in [3.63, 3.8) is 0 Å². The topological polar surface area (TPSA) is 58.2 Å². The highest BCUT2D eigenvalue weighted by atomic mass is 79.9. The lowest BCUT2D eigenvalue weighted by atomic mass is 9.94. The monoisotopic (exact) mass is 470 g/mol. The number of rotatable bonds is 5. The van der Waals surface area contributed by atoms with Gasteiger partial charge in [-0.15, -0.1) is 0 Å². The quantitative estimate of drug-likeness (QED) is 0.590. The SMILES string of the molecule is O=S(=O)(c1ccc(Br)cc1)[C@H]1[C@H](NCc2ccc3ccccc3c2)[C@H]2CC[C@@H]1N2. The molecule has 0 radical (unpaired) electrons. The van der Waals surface area contributed by atoms with E-state index in [4.69, 9.17) is 0 Å². The average Bonchev–Trinajstić information content (AvgIpc) is 3.34. The molecule has 0 amide bonds. The van der Waals surface area contributed by atoms with E-state index >= 15 is 0 Å². The summed E-state index contributed by atoms with van der Waals surface area (Å²) in [6.45, 7) is 0.659. The van der Waals surface area contributed by atoms with Crippen LogP contribution in [0.2, 0.25) is 0 Å². The second kappa shape index (κ2) is 7.51. The Kier molecular flexibility index (Phi) is 4.98. The fourth-order valence-electron chi connectivity index (χ4n) is 4.86. The zero-order valence-corrected chi connectivity index (χ0v) is 18.3. The van der Waals surface area contributed by atoms with Crippen molar-refractivity contribution in [3.8, 4) is 0 Å². The molecule has 2 aliphatic rings. The number of benzene rings is 3. The Morgan fingerprint density at radius 2 is 1.66 bits per heavy atom. The molecule has 2 aliphatic heterocycles. The Morgan fingerprint density at radius 1 is 0.931 bits per heavy atom. The molecule has 29 heavy (non-hydrogen) atoms. The zero-order valence-electron chi connectivity index (χ0n) is 15.9. The van der Waals surface area contributed by atoms with E-state index in [2.05, 4.69) is 56.9 Å². The van der Waals surface area contributed by atoms with Gasteiger partial charge in [-0.2, -0.15) is 0 Å². The molecule has 150 valence electrons. The summed E-state index contributed by atoms with van der Waals surface area (Å²) in [6, 6.07) is 21.8. The third-order valence-corrected chi connectivity index (χ3v) is 9.05. The lowest BCUT2D eigenvalue weighted by Gasteiger charge is -2.30. The Morgan fingerprint density at radius 3 is 2.45 bits per heavy atom. The van der Waals surface area contributed by atoms with Crippen LogP contribution in [0.25, 0.3) is 10.8 Å². The molecule has 2 bridgehead atoms. The highest BCUT2D eigenvalue weighted by Gasteiger charge is 2.53. The van der Waals surface area contributed by atoms with E-state index in [0.29, 0.717) is 11.4 Å². The molecule has 6 heteroatoms. The molecular formula is C23H23BrN2O2S. The Balaban J connectivity index is 1.40. The molecule has 3 aromatic rings. The maximum absolute atomic E-state index is 13.4. The maximum atomic E-state index is 13.4. The van der Waals surface area contributed by atoms with E-state index in [9.17, 15) is 8.42 Å². The first-order valence-corrected chi connectivity index (χ1v) is 12.3. The largest absolute Gasteiger partial charge is 0.308 e. The molecule has 2 saturated heterocycles. The molecular weight excluding hydrogens is 448 g/mol. The number of hydrogen-bond acceptors (Lipinski definition) is 4. The van der Waals surface area contributed by atoms with Gasteiger partial charge in [-0.3, -0.25) is 0 Å². The first-order valence-electron chi connectivity index (χ1n) is 9.99. The van der Waals surface area contributed by atoms with Crippen LogP contribution in [0.4, 0.5) is 0 Å². The minimum Gasteiger partial charge on any atom is -0.308 e. The lowest BCUT2D eigenvalue weighted by molar-refractivity contribution is 0.409. The van der Waals surface area contributed by atoms with E-state index in [1.807, 2.05) is 12.1 Å². The molecule has 0 saturated carbocycles. The molecule has 3 aromatic carbocycles. The number of sulfone groups is 1. The van der Waals surface area contributed by atoms with Crippen LogP contribution in [0.1, 0.15) is 18.4 Å². The van der Waals surface area contributed by atoms with Crippen LogP contribution >= 0.6 is 15.9 Å². The summed E-state index contributed by atoms with van der Waals surface area (Å²) in [7, 11) is -3.42. The minimum absolute atomic E-state index is 0.0164. The van der Waals surface area contributed by atoms with E-state index in [1.54, 1.807) is 24.3 Å². The second-order valence-corrected chi connectivity index (χ2v) is 11.0. The van der Waals surface area contributed by atoms with Crippen molar-refractivity contribution in [1.82, 2.24) is 10.6 Å². The van der Waals surface area contributed by atoms with Crippen molar-refractivity contribution in [3.05, 3.63) is 76.8 Å².